The first kappa shape index (κ1) is 19.4. The highest BCUT2D eigenvalue weighted by molar-refractivity contribution is 6.04. The molecule has 3 rings (SSSR count). The summed E-state index contributed by atoms with van der Waals surface area (Å²) >= 11 is 0. The summed E-state index contributed by atoms with van der Waals surface area (Å²) in [6.07, 6.45) is 1.39. The number of benzene rings is 2. The lowest BCUT2D eigenvalue weighted by atomic mass is 10.1. The van der Waals surface area contributed by atoms with Crippen molar-refractivity contribution in [3.63, 3.8) is 0 Å². The third-order valence-corrected chi connectivity index (χ3v) is 3.95. The lowest BCUT2D eigenvalue weighted by Gasteiger charge is -2.14. The summed E-state index contributed by atoms with van der Waals surface area (Å²) in [4.78, 5) is 20.9. The van der Waals surface area contributed by atoms with Gasteiger partial charge < -0.3 is 15.4 Å². The summed E-state index contributed by atoms with van der Waals surface area (Å²) in [7, 11) is 0. The van der Waals surface area contributed by atoms with Crippen molar-refractivity contribution in [2.24, 2.45) is 0 Å². The maximum Gasteiger partial charge on any atom is 0.274 e. The van der Waals surface area contributed by atoms with Gasteiger partial charge in [-0.05, 0) is 38.5 Å². The van der Waals surface area contributed by atoms with Gasteiger partial charge in [-0.25, -0.2) is 9.97 Å². The number of carbonyl (C=O) groups is 1. The second-order valence-electron chi connectivity index (χ2n) is 6.75. The predicted molar refractivity (Wildman–Crippen MR) is 111 cm³/mol. The summed E-state index contributed by atoms with van der Waals surface area (Å²) in [5, 5.41) is 6.09. The molecule has 144 valence electrons. The highest BCUT2D eigenvalue weighted by Crippen LogP contribution is 2.25. The summed E-state index contributed by atoms with van der Waals surface area (Å²) < 4.78 is 5.74. The van der Waals surface area contributed by atoms with Crippen LogP contribution in [0.4, 0.5) is 11.5 Å². The first-order valence-corrected chi connectivity index (χ1v) is 9.20. The molecular formula is C22H24N4O2. The minimum absolute atomic E-state index is 0.00882. The Bertz CT molecular complexity index is 957. The Morgan fingerprint density at radius 3 is 2.68 bits per heavy atom. The van der Waals surface area contributed by atoms with Gasteiger partial charge in [-0.15, -0.1) is 0 Å². The summed E-state index contributed by atoms with van der Waals surface area (Å²) in [6, 6.07) is 17.2. The molecule has 2 N–H and O–H groups in total. The molecule has 2 aromatic carbocycles. The fraction of sp³-hybridized carbons (Fsp3) is 0.227. The quantitative estimate of drug-likeness (QED) is 0.638. The number of amides is 1. The molecular weight excluding hydrogens is 352 g/mol. The highest BCUT2D eigenvalue weighted by atomic mass is 16.5. The van der Waals surface area contributed by atoms with E-state index in [1.54, 1.807) is 12.1 Å². The fourth-order valence-corrected chi connectivity index (χ4v) is 2.71. The second-order valence-corrected chi connectivity index (χ2v) is 6.75. The van der Waals surface area contributed by atoms with E-state index in [0.29, 0.717) is 23.8 Å². The third-order valence-electron chi connectivity index (χ3n) is 3.95. The van der Waals surface area contributed by atoms with E-state index in [1.165, 1.54) is 11.9 Å². The Hall–Kier alpha value is -3.41. The Labute approximate surface area is 165 Å². The molecule has 0 saturated carbocycles. The van der Waals surface area contributed by atoms with Gasteiger partial charge in [0, 0.05) is 12.6 Å². The Kier molecular flexibility index (Phi) is 6.22. The molecule has 0 radical (unpaired) electrons. The van der Waals surface area contributed by atoms with Gasteiger partial charge in [-0.2, -0.15) is 0 Å². The van der Waals surface area contributed by atoms with E-state index in [4.69, 9.17) is 4.74 Å². The van der Waals surface area contributed by atoms with Crippen LogP contribution < -0.4 is 15.4 Å². The van der Waals surface area contributed by atoms with E-state index in [9.17, 15) is 4.79 Å². The zero-order valence-electron chi connectivity index (χ0n) is 16.3. The van der Waals surface area contributed by atoms with Crippen LogP contribution in [0.15, 0.2) is 60.9 Å². The molecule has 28 heavy (non-hydrogen) atoms. The van der Waals surface area contributed by atoms with Gasteiger partial charge in [0.05, 0.1) is 11.8 Å². The number of nitrogens with zero attached hydrogens (tertiary/aromatic N) is 2. The van der Waals surface area contributed by atoms with Gasteiger partial charge in [0.25, 0.3) is 5.91 Å². The van der Waals surface area contributed by atoms with Crippen molar-refractivity contribution in [2.75, 3.05) is 10.6 Å². The predicted octanol–water partition coefficient (Wildman–Crippen LogP) is 4.44. The molecule has 6 nitrogen and oxygen atoms in total. The van der Waals surface area contributed by atoms with Crippen molar-refractivity contribution >= 4 is 17.4 Å². The second kappa shape index (κ2) is 8.99. The van der Waals surface area contributed by atoms with Crippen LogP contribution in [0, 0.1) is 6.92 Å². The summed E-state index contributed by atoms with van der Waals surface area (Å²) in [5.74, 6) is 0.895. The highest BCUT2D eigenvalue weighted by Gasteiger charge is 2.13. The Morgan fingerprint density at radius 2 is 1.89 bits per heavy atom. The molecule has 1 heterocycles. The third kappa shape index (κ3) is 5.30. The van der Waals surface area contributed by atoms with Crippen molar-refractivity contribution in [2.45, 2.75) is 33.4 Å². The maximum atomic E-state index is 12.6. The number of anilines is 2. The van der Waals surface area contributed by atoms with Gasteiger partial charge >= 0.3 is 0 Å². The topological polar surface area (TPSA) is 76.1 Å². The molecule has 0 spiro atoms. The monoisotopic (exact) mass is 376 g/mol. The van der Waals surface area contributed by atoms with Gasteiger partial charge in [-0.3, -0.25) is 4.79 Å². The molecule has 1 aromatic heterocycles. The van der Waals surface area contributed by atoms with Crippen molar-refractivity contribution < 1.29 is 9.53 Å². The molecule has 0 saturated heterocycles. The van der Waals surface area contributed by atoms with Gasteiger partial charge in [0.1, 0.15) is 23.6 Å². The number of rotatable bonds is 7. The lowest BCUT2D eigenvalue weighted by molar-refractivity contribution is 0.102. The zero-order valence-corrected chi connectivity index (χ0v) is 16.3. The summed E-state index contributed by atoms with van der Waals surface area (Å²) in [6.45, 7) is 6.55. The number of hydrogen-bond acceptors (Lipinski definition) is 5. The van der Waals surface area contributed by atoms with E-state index in [-0.39, 0.29) is 17.7 Å². The van der Waals surface area contributed by atoms with Crippen LogP contribution in [0.5, 0.6) is 5.75 Å². The molecule has 0 aliphatic heterocycles. The van der Waals surface area contributed by atoms with Crippen molar-refractivity contribution in [1.82, 2.24) is 9.97 Å². The number of aryl methyl sites for hydroxylation is 1. The average molecular weight is 376 g/mol. The van der Waals surface area contributed by atoms with E-state index in [2.05, 4.69) is 39.7 Å². The molecule has 0 fully saturated rings. The fourth-order valence-electron chi connectivity index (χ4n) is 2.71. The smallest absolute Gasteiger partial charge is 0.274 e. The van der Waals surface area contributed by atoms with Gasteiger partial charge in [0.15, 0.2) is 0 Å². The van der Waals surface area contributed by atoms with Crippen LogP contribution in [-0.2, 0) is 6.54 Å². The molecule has 0 atom stereocenters. The molecule has 3 aromatic rings. The first-order valence-electron chi connectivity index (χ1n) is 9.20. The molecule has 1 amide bonds. The zero-order chi connectivity index (χ0) is 19.9. The molecule has 0 aliphatic carbocycles. The number of nitrogens with one attached hydrogen (secondary N) is 2. The number of carbonyl (C=O) groups excluding carboxylic acids is 1. The van der Waals surface area contributed by atoms with Gasteiger partial charge in [-0.1, -0.05) is 42.0 Å². The molecule has 0 unspecified atom stereocenters. The minimum atomic E-state index is -0.319. The van der Waals surface area contributed by atoms with Crippen molar-refractivity contribution in [3.8, 4) is 5.75 Å². The van der Waals surface area contributed by atoms with Crippen LogP contribution in [0.3, 0.4) is 0 Å². The van der Waals surface area contributed by atoms with Crippen LogP contribution in [0.25, 0.3) is 0 Å². The average Bonchev–Trinajstić information content (AvgIpc) is 2.68. The van der Waals surface area contributed by atoms with Crippen molar-refractivity contribution in [3.05, 3.63) is 77.7 Å². The summed E-state index contributed by atoms with van der Waals surface area (Å²) in [5.41, 5.74) is 3.23. The van der Waals surface area contributed by atoms with E-state index < -0.39 is 0 Å². The van der Waals surface area contributed by atoms with Crippen LogP contribution >= 0.6 is 0 Å². The molecule has 0 bridgehead atoms. The van der Waals surface area contributed by atoms with E-state index >= 15 is 0 Å². The molecule has 0 aliphatic rings. The first-order chi connectivity index (χ1) is 13.5. The standard InChI is InChI=1S/C22H24N4O2/c1-15(2)28-20-10-5-4-9-18(20)26-22(27)19-12-21(25-14-24-19)23-13-17-8-6-7-16(3)11-17/h4-12,14-15H,13H2,1-3H3,(H,26,27)(H,23,24,25). The van der Waals surface area contributed by atoms with Gasteiger partial charge in [0.2, 0.25) is 0 Å². The largest absolute Gasteiger partial charge is 0.489 e. The number of ether oxygens (including phenoxy) is 1. The normalized spacial score (nSPS) is 10.6. The van der Waals surface area contributed by atoms with Crippen LogP contribution in [0.1, 0.15) is 35.5 Å². The number of para-hydroxylation sites is 2. The van der Waals surface area contributed by atoms with Crippen LogP contribution in [0.2, 0.25) is 0 Å². The SMILES string of the molecule is Cc1cccc(CNc2cc(C(=O)Nc3ccccc3OC(C)C)ncn2)c1. The van der Waals surface area contributed by atoms with E-state index in [1.807, 2.05) is 44.2 Å². The molecule has 6 heteroatoms. The number of hydrogen-bond donors (Lipinski definition) is 2. The Morgan fingerprint density at radius 1 is 1.07 bits per heavy atom. The Balaban J connectivity index is 1.69. The lowest BCUT2D eigenvalue weighted by Crippen LogP contribution is -2.16. The minimum Gasteiger partial charge on any atom is -0.489 e. The maximum absolute atomic E-state index is 12.6. The van der Waals surface area contributed by atoms with Crippen LogP contribution in [-0.4, -0.2) is 22.0 Å². The van der Waals surface area contributed by atoms with E-state index in [0.717, 1.165) is 5.56 Å². The van der Waals surface area contributed by atoms with Crippen molar-refractivity contribution in [1.29, 1.82) is 0 Å². The number of aromatic nitrogens is 2.